The second-order valence-electron chi connectivity index (χ2n) is 6.31. The van der Waals surface area contributed by atoms with Crippen LogP contribution >= 0.6 is 0 Å². The summed E-state index contributed by atoms with van der Waals surface area (Å²) in [6.45, 7) is 4.01. The lowest BCUT2D eigenvalue weighted by atomic mass is 10.0. The van der Waals surface area contributed by atoms with Gasteiger partial charge in [-0.05, 0) is 30.5 Å². The quantitative estimate of drug-likeness (QED) is 0.940. The van der Waals surface area contributed by atoms with Gasteiger partial charge in [0.2, 0.25) is 0 Å². The number of nitrogens with one attached hydrogen (secondary N) is 1. The van der Waals surface area contributed by atoms with E-state index in [-0.39, 0.29) is 0 Å². The van der Waals surface area contributed by atoms with Crippen molar-refractivity contribution in [3.63, 3.8) is 0 Å². The number of rotatable bonds is 4. The molecule has 2 aromatic rings. The fourth-order valence-electron chi connectivity index (χ4n) is 3.47. The highest BCUT2D eigenvalue weighted by molar-refractivity contribution is 5.44. The summed E-state index contributed by atoms with van der Waals surface area (Å²) in [5.74, 6) is 2.01. The van der Waals surface area contributed by atoms with Crippen LogP contribution in [-0.4, -0.2) is 40.8 Å². The summed E-state index contributed by atoms with van der Waals surface area (Å²) < 4.78 is 5.82. The van der Waals surface area contributed by atoms with Crippen molar-refractivity contribution in [1.29, 1.82) is 0 Å². The first-order chi connectivity index (χ1) is 11.4. The zero-order valence-electron chi connectivity index (χ0n) is 13.2. The van der Waals surface area contributed by atoms with Crippen molar-refractivity contribution >= 4 is 5.82 Å². The number of ether oxygens (including phenoxy) is 1. The van der Waals surface area contributed by atoms with Gasteiger partial charge in [0.15, 0.2) is 0 Å². The highest BCUT2D eigenvalue weighted by Crippen LogP contribution is 2.30. The predicted molar refractivity (Wildman–Crippen MR) is 89.6 cm³/mol. The molecule has 0 aliphatic carbocycles. The Balaban J connectivity index is 1.33. The minimum atomic E-state index is 0.487. The Morgan fingerprint density at radius 3 is 2.91 bits per heavy atom. The summed E-state index contributed by atoms with van der Waals surface area (Å²) in [6.07, 6.45) is 5.01. The lowest BCUT2D eigenvalue weighted by molar-refractivity contribution is 0.208. The van der Waals surface area contributed by atoms with Crippen molar-refractivity contribution in [2.24, 2.45) is 0 Å². The van der Waals surface area contributed by atoms with E-state index >= 15 is 0 Å². The highest BCUT2D eigenvalue weighted by Gasteiger charge is 2.22. The number of hydrogen-bond acceptors (Lipinski definition) is 5. The molecule has 5 nitrogen and oxygen atoms in total. The Hall–Kier alpha value is -2.14. The molecule has 2 aliphatic rings. The van der Waals surface area contributed by atoms with Gasteiger partial charge in [0.25, 0.3) is 0 Å². The summed E-state index contributed by atoms with van der Waals surface area (Å²) in [6, 6.07) is 10.9. The van der Waals surface area contributed by atoms with E-state index in [1.54, 1.807) is 6.20 Å². The number of hydrogen-bond donors (Lipinski definition) is 1. The lowest BCUT2D eigenvalue weighted by Crippen LogP contribution is -2.38. The summed E-state index contributed by atoms with van der Waals surface area (Å²) in [5.41, 5.74) is 2.70. The molecule has 0 unspecified atom stereocenters. The van der Waals surface area contributed by atoms with Gasteiger partial charge < -0.3 is 10.1 Å². The third kappa shape index (κ3) is 3.29. The van der Waals surface area contributed by atoms with Gasteiger partial charge in [-0.15, -0.1) is 5.10 Å². The zero-order valence-corrected chi connectivity index (χ0v) is 13.2. The van der Waals surface area contributed by atoms with Crippen LogP contribution in [0.2, 0.25) is 0 Å². The fraction of sp³-hybridized carbons (Fsp3) is 0.444. The minimum absolute atomic E-state index is 0.487. The van der Waals surface area contributed by atoms with Crippen LogP contribution in [-0.2, 0) is 13.0 Å². The predicted octanol–water partition coefficient (Wildman–Crippen LogP) is 2.49. The van der Waals surface area contributed by atoms with Gasteiger partial charge >= 0.3 is 0 Å². The van der Waals surface area contributed by atoms with E-state index in [1.165, 1.54) is 11.1 Å². The Bertz CT molecular complexity index is 653. The first-order valence-corrected chi connectivity index (χ1v) is 8.38. The maximum absolute atomic E-state index is 5.82. The van der Waals surface area contributed by atoms with Gasteiger partial charge in [-0.1, -0.05) is 18.2 Å². The molecular weight excluding hydrogens is 288 g/mol. The van der Waals surface area contributed by atoms with Crippen molar-refractivity contribution in [3.05, 3.63) is 47.7 Å². The molecular formula is C18H22N4O. The zero-order chi connectivity index (χ0) is 15.5. The fourth-order valence-corrected chi connectivity index (χ4v) is 3.47. The van der Waals surface area contributed by atoms with E-state index in [9.17, 15) is 0 Å². The monoisotopic (exact) mass is 310 g/mol. The van der Waals surface area contributed by atoms with Crippen molar-refractivity contribution in [2.75, 3.05) is 25.0 Å². The number of fused-ring (bicyclic) bond motifs is 1. The Kier molecular flexibility index (Phi) is 4.11. The molecule has 23 heavy (non-hydrogen) atoms. The van der Waals surface area contributed by atoms with Gasteiger partial charge in [0, 0.05) is 43.9 Å². The van der Waals surface area contributed by atoms with E-state index in [0.29, 0.717) is 6.04 Å². The summed E-state index contributed by atoms with van der Waals surface area (Å²) in [5, 5.41) is 11.5. The highest BCUT2D eigenvalue weighted by atomic mass is 16.5. The number of benzene rings is 1. The second kappa shape index (κ2) is 6.54. The van der Waals surface area contributed by atoms with Gasteiger partial charge in [-0.25, -0.2) is 0 Å². The Morgan fingerprint density at radius 1 is 1.17 bits per heavy atom. The van der Waals surface area contributed by atoms with E-state index in [1.807, 2.05) is 12.1 Å². The number of likely N-dealkylation sites (tertiary alicyclic amines) is 1. The van der Waals surface area contributed by atoms with Crippen LogP contribution < -0.4 is 10.1 Å². The second-order valence-corrected chi connectivity index (χ2v) is 6.31. The van der Waals surface area contributed by atoms with Crippen LogP contribution in [0.4, 0.5) is 5.82 Å². The number of piperidine rings is 1. The molecule has 5 heteroatoms. The molecule has 4 rings (SSSR count). The number of anilines is 1. The van der Waals surface area contributed by atoms with Crippen LogP contribution in [0.1, 0.15) is 24.0 Å². The molecule has 0 spiro atoms. The van der Waals surface area contributed by atoms with Gasteiger partial charge in [0.1, 0.15) is 11.6 Å². The molecule has 1 aromatic carbocycles. The van der Waals surface area contributed by atoms with Crippen LogP contribution in [0.15, 0.2) is 36.5 Å². The smallest absolute Gasteiger partial charge is 0.148 e. The first kappa shape index (κ1) is 14.5. The summed E-state index contributed by atoms with van der Waals surface area (Å²) in [7, 11) is 0. The minimum Gasteiger partial charge on any atom is -0.493 e. The average Bonchev–Trinajstić information content (AvgIpc) is 3.07. The summed E-state index contributed by atoms with van der Waals surface area (Å²) in [4.78, 5) is 2.52. The van der Waals surface area contributed by atoms with Crippen molar-refractivity contribution in [3.8, 4) is 5.75 Å². The number of para-hydroxylation sites is 1. The third-order valence-electron chi connectivity index (χ3n) is 4.70. The van der Waals surface area contributed by atoms with Crippen LogP contribution in [0, 0.1) is 0 Å². The van der Waals surface area contributed by atoms with Crippen molar-refractivity contribution in [1.82, 2.24) is 15.1 Å². The van der Waals surface area contributed by atoms with E-state index in [0.717, 1.165) is 57.1 Å². The Morgan fingerprint density at radius 2 is 2.09 bits per heavy atom. The van der Waals surface area contributed by atoms with E-state index < -0.39 is 0 Å². The SMILES string of the molecule is c1cnnc(NC2CCN(Cc3cccc4c3OCC4)CC2)c1. The summed E-state index contributed by atoms with van der Waals surface area (Å²) >= 11 is 0. The molecule has 0 atom stereocenters. The lowest BCUT2D eigenvalue weighted by Gasteiger charge is -2.32. The van der Waals surface area contributed by atoms with Crippen molar-refractivity contribution < 1.29 is 4.74 Å². The standard InChI is InChI=1S/C18H22N4O/c1-3-14-8-12-23-18(14)15(4-1)13-22-10-6-16(7-11-22)20-17-5-2-9-19-21-17/h1-5,9,16H,6-8,10-13H2,(H,20,21). The number of nitrogens with zero attached hydrogens (tertiary/aromatic N) is 3. The van der Waals surface area contributed by atoms with E-state index in [4.69, 9.17) is 4.74 Å². The molecule has 120 valence electrons. The molecule has 0 radical (unpaired) electrons. The maximum atomic E-state index is 5.82. The molecule has 3 heterocycles. The largest absolute Gasteiger partial charge is 0.493 e. The average molecular weight is 310 g/mol. The molecule has 1 fully saturated rings. The number of aromatic nitrogens is 2. The molecule has 0 amide bonds. The van der Waals surface area contributed by atoms with Crippen LogP contribution in [0.5, 0.6) is 5.75 Å². The van der Waals surface area contributed by atoms with Gasteiger partial charge in [0.05, 0.1) is 6.61 Å². The molecule has 1 aromatic heterocycles. The normalized spacial score (nSPS) is 18.4. The molecule has 2 aliphatic heterocycles. The molecule has 0 bridgehead atoms. The van der Waals surface area contributed by atoms with Crippen LogP contribution in [0.25, 0.3) is 0 Å². The van der Waals surface area contributed by atoms with Crippen molar-refractivity contribution in [2.45, 2.75) is 31.8 Å². The van der Waals surface area contributed by atoms with Gasteiger partial charge in [-0.2, -0.15) is 5.10 Å². The molecule has 1 N–H and O–H groups in total. The van der Waals surface area contributed by atoms with Gasteiger partial charge in [-0.3, -0.25) is 4.90 Å². The third-order valence-corrected chi connectivity index (χ3v) is 4.70. The maximum Gasteiger partial charge on any atom is 0.148 e. The first-order valence-electron chi connectivity index (χ1n) is 8.38. The topological polar surface area (TPSA) is 50.3 Å². The molecule has 1 saturated heterocycles. The van der Waals surface area contributed by atoms with E-state index in [2.05, 4.69) is 38.6 Å². The van der Waals surface area contributed by atoms with Crippen LogP contribution in [0.3, 0.4) is 0 Å². The Labute approximate surface area is 136 Å². The molecule has 0 saturated carbocycles.